The Morgan fingerprint density at radius 3 is 2.38 bits per heavy atom. The summed E-state index contributed by atoms with van der Waals surface area (Å²) < 4.78 is 0. The third-order valence-electron chi connectivity index (χ3n) is 5.22. The first-order valence-corrected chi connectivity index (χ1v) is 7.90. The summed E-state index contributed by atoms with van der Waals surface area (Å²) >= 11 is 0. The molecule has 6 heteroatoms. The number of aliphatic hydroxyl groups excluding tert-OH is 1. The molecule has 6 nitrogen and oxygen atoms in total. The van der Waals surface area contributed by atoms with Gasteiger partial charge in [-0.25, -0.2) is 4.79 Å². The van der Waals surface area contributed by atoms with E-state index < -0.39 is 11.4 Å². The molecule has 2 saturated heterocycles. The molecule has 120 valence electrons. The summed E-state index contributed by atoms with van der Waals surface area (Å²) in [7, 11) is 0. The zero-order valence-corrected chi connectivity index (χ0v) is 12.8. The average molecular weight is 298 g/mol. The molecule has 1 unspecified atom stereocenters. The fourth-order valence-electron chi connectivity index (χ4n) is 3.47. The standard InChI is InChI=1S/C15H26N2O4/c1-2-15(13(19)20)5-8-16(9-6-15)14(21)17-7-3-12(11-17)4-10-18/h12,18H,2-11H2,1H3,(H,19,20). The van der Waals surface area contributed by atoms with Gasteiger partial charge in [0.1, 0.15) is 0 Å². The topological polar surface area (TPSA) is 81.1 Å². The molecule has 0 aromatic heterocycles. The molecule has 2 N–H and O–H groups in total. The summed E-state index contributed by atoms with van der Waals surface area (Å²) in [5.74, 6) is -0.334. The molecule has 21 heavy (non-hydrogen) atoms. The highest BCUT2D eigenvalue weighted by atomic mass is 16.4. The van der Waals surface area contributed by atoms with Gasteiger partial charge in [-0.2, -0.15) is 0 Å². The summed E-state index contributed by atoms with van der Waals surface area (Å²) in [6, 6.07) is 0.0329. The number of hydrogen-bond donors (Lipinski definition) is 2. The summed E-state index contributed by atoms with van der Waals surface area (Å²) in [6.07, 6.45) is 3.40. The molecule has 1 atom stereocenters. The zero-order chi connectivity index (χ0) is 15.5. The number of likely N-dealkylation sites (tertiary alicyclic amines) is 2. The lowest BCUT2D eigenvalue weighted by Crippen LogP contribution is -2.50. The van der Waals surface area contributed by atoms with Crippen LogP contribution >= 0.6 is 0 Å². The maximum atomic E-state index is 12.5. The second kappa shape index (κ2) is 6.64. The molecular weight excluding hydrogens is 272 g/mol. The molecule has 0 spiro atoms. The Bertz CT molecular complexity index is 391. The Kier molecular flexibility index (Phi) is 5.08. The van der Waals surface area contributed by atoms with Gasteiger partial charge in [-0.1, -0.05) is 6.92 Å². The maximum Gasteiger partial charge on any atom is 0.320 e. The number of hydrogen-bond acceptors (Lipinski definition) is 3. The Morgan fingerprint density at radius 2 is 1.86 bits per heavy atom. The van der Waals surface area contributed by atoms with Gasteiger partial charge in [-0.3, -0.25) is 4.79 Å². The monoisotopic (exact) mass is 298 g/mol. The summed E-state index contributed by atoms with van der Waals surface area (Å²) in [5, 5.41) is 18.3. The van der Waals surface area contributed by atoms with Crippen LogP contribution in [0.3, 0.4) is 0 Å². The fraction of sp³-hybridized carbons (Fsp3) is 0.867. The van der Waals surface area contributed by atoms with Gasteiger partial charge in [-0.05, 0) is 38.0 Å². The normalized spacial score (nSPS) is 25.1. The van der Waals surface area contributed by atoms with E-state index in [2.05, 4.69) is 0 Å². The minimum atomic E-state index is -0.735. The molecule has 2 heterocycles. The Hall–Kier alpha value is -1.30. The van der Waals surface area contributed by atoms with Gasteiger partial charge in [0.05, 0.1) is 5.41 Å². The summed E-state index contributed by atoms with van der Waals surface area (Å²) in [5.41, 5.74) is -0.652. The zero-order valence-electron chi connectivity index (χ0n) is 12.8. The highest BCUT2D eigenvalue weighted by Gasteiger charge is 2.41. The Morgan fingerprint density at radius 1 is 1.19 bits per heavy atom. The van der Waals surface area contributed by atoms with E-state index in [-0.39, 0.29) is 12.6 Å². The number of rotatable bonds is 4. The van der Waals surface area contributed by atoms with Crippen molar-refractivity contribution in [3.63, 3.8) is 0 Å². The largest absolute Gasteiger partial charge is 0.481 e. The van der Waals surface area contributed by atoms with Crippen LogP contribution in [0.1, 0.15) is 39.0 Å². The van der Waals surface area contributed by atoms with Crippen LogP contribution < -0.4 is 0 Å². The Balaban J connectivity index is 1.88. The lowest BCUT2D eigenvalue weighted by Gasteiger charge is -2.39. The molecule has 0 aromatic rings. The van der Waals surface area contributed by atoms with Gasteiger partial charge < -0.3 is 20.0 Å². The van der Waals surface area contributed by atoms with Gasteiger partial charge in [0, 0.05) is 32.8 Å². The predicted molar refractivity (Wildman–Crippen MR) is 77.9 cm³/mol. The van der Waals surface area contributed by atoms with Crippen molar-refractivity contribution in [1.82, 2.24) is 9.80 Å². The van der Waals surface area contributed by atoms with Crippen molar-refractivity contribution in [1.29, 1.82) is 0 Å². The van der Waals surface area contributed by atoms with Crippen LogP contribution in [0, 0.1) is 11.3 Å². The van der Waals surface area contributed by atoms with Crippen LogP contribution in [0.4, 0.5) is 4.79 Å². The molecule has 0 aromatic carbocycles. The smallest absolute Gasteiger partial charge is 0.320 e. The average Bonchev–Trinajstić information content (AvgIpc) is 2.95. The predicted octanol–water partition coefficient (Wildman–Crippen LogP) is 1.39. The van der Waals surface area contributed by atoms with E-state index in [1.165, 1.54) is 0 Å². The van der Waals surface area contributed by atoms with E-state index in [4.69, 9.17) is 5.11 Å². The number of carboxylic acid groups (broad SMARTS) is 1. The SMILES string of the molecule is CCC1(C(=O)O)CCN(C(=O)N2CCC(CCO)C2)CC1. The van der Waals surface area contributed by atoms with E-state index in [1.54, 1.807) is 4.90 Å². The van der Waals surface area contributed by atoms with Crippen LogP contribution in [0.25, 0.3) is 0 Å². The maximum absolute atomic E-state index is 12.5. The molecule has 0 aliphatic carbocycles. The van der Waals surface area contributed by atoms with Crippen molar-refractivity contribution < 1.29 is 19.8 Å². The van der Waals surface area contributed by atoms with Crippen LogP contribution in [-0.2, 0) is 4.79 Å². The van der Waals surface area contributed by atoms with Crippen molar-refractivity contribution in [3.8, 4) is 0 Å². The van der Waals surface area contributed by atoms with Gasteiger partial charge in [0.2, 0.25) is 0 Å². The molecule has 2 aliphatic heterocycles. The van der Waals surface area contributed by atoms with Gasteiger partial charge in [0.15, 0.2) is 0 Å². The van der Waals surface area contributed by atoms with E-state index in [1.807, 2.05) is 11.8 Å². The van der Waals surface area contributed by atoms with Crippen LogP contribution in [0.2, 0.25) is 0 Å². The van der Waals surface area contributed by atoms with Gasteiger partial charge >= 0.3 is 12.0 Å². The lowest BCUT2D eigenvalue weighted by atomic mass is 9.76. The molecule has 2 amide bonds. The minimum Gasteiger partial charge on any atom is -0.481 e. The number of amides is 2. The third kappa shape index (κ3) is 3.31. The van der Waals surface area contributed by atoms with E-state index in [0.717, 1.165) is 19.4 Å². The molecule has 2 aliphatic rings. The Labute approximate surface area is 125 Å². The van der Waals surface area contributed by atoms with Crippen LogP contribution in [-0.4, -0.2) is 64.8 Å². The lowest BCUT2D eigenvalue weighted by molar-refractivity contribution is -0.152. The number of aliphatic carboxylic acids is 1. The van der Waals surface area contributed by atoms with Crippen LogP contribution in [0.15, 0.2) is 0 Å². The van der Waals surface area contributed by atoms with E-state index >= 15 is 0 Å². The van der Waals surface area contributed by atoms with Crippen LogP contribution in [0.5, 0.6) is 0 Å². The quantitative estimate of drug-likeness (QED) is 0.822. The van der Waals surface area contributed by atoms with Crippen molar-refractivity contribution in [2.24, 2.45) is 11.3 Å². The molecular formula is C15H26N2O4. The van der Waals surface area contributed by atoms with Gasteiger partial charge in [-0.15, -0.1) is 0 Å². The molecule has 0 radical (unpaired) electrons. The number of carbonyl (C=O) groups is 2. The summed E-state index contributed by atoms with van der Waals surface area (Å²) in [4.78, 5) is 27.5. The molecule has 0 bridgehead atoms. The molecule has 2 fully saturated rings. The number of carboxylic acids is 1. The first-order chi connectivity index (χ1) is 10.0. The minimum absolute atomic E-state index is 0.0329. The number of nitrogens with zero attached hydrogens (tertiary/aromatic N) is 2. The first kappa shape index (κ1) is 16.1. The second-order valence-electron chi connectivity index (χ2n) is 6.32. The van der Waals surface area contributed by atoms with Gasteiger partial charge in [0.25, 0.3) is 0 Å². The summed E-state index contributed by atoms with van der Waals surface area (Å²) in [6.45, 7) is 4.60. The van der Waals surface area contributed by atoms with Crippen molar-refractivity contribution in [2.75, 3.05) is 32.8 Å². The molecule has 0 saturated carbocycles. The highest BCUT2D eigenvalue weighted by Crippen LogP contribution is 2.35. The number of aliphatic hydroxyl groups is 1. The van der Waals surface area contributed by atoms with E-state index in [0.29, 0.717) is 44.8 Å². The van der Waals surface area contributed by atoms with Crippen molar-refractivity contribution >= 4 is 12.0 Å². The highest BCUT2D eigenvalue weighted by molar-refractivity contribution is 5.77. The number of carbonyl (C=O) groups excluding carboxylic acids is 1. The number of urea groups is 1. The second-order valence-corrected chi connectivity index (χ2v) is 6.32. The van der Waals surface area contributed by atoms with Crippen molar-refractivity contribution in [3.05, 3.63) is 0 Å². The van der Waals surface area contributed by atoms with E-state index in [9.17, 15) is 14.7 Å². The first-order valence-electron chi connectivity index (χ1n) is 7.90. The molecule has 2 rings (SSSR count). The third-order valence-corrected chi connectivity index (χ3v) is 5.22. The van der Waals surface area contributed by atoms with Crippen molar-refractivity contribution in [2.45, 2.75) is 39.0 Å². The number of piperidine rings is 1. The fourth-order valence-corrected chi connectivity index (χ4v) is 3.47.